The molecule has 5 heteroatoms. The van der Waals surface area contributed by atoms with Crippen molar-refractivity contribution in [2.24, 2.45) is 0 Å². The van der Waals surface area contributed by atoms with Crippen LogP contribution in [0.2, 0.25) is 0 Å². The van der Waals surface area contributed by atoms with Gasteiger partial charge in [-0.15, -0.1) is 0 Å². The van der Waals surface area contributed by atoms with Gasteiger partial charge in [-0.05, 0) is 26.3 Å². The molecule has 0 saturated heterocycles. The standard InChI is InChI=1S/C15H19N3OS/c1-4-15(2,3)18-13(19)9-20-14-11-7-5-6-8-12(11)16-10-17-14/h5-8,10H,4,9H2,1-3H3,(H,18,19). The van der Waals surface area contributed by atoms with Gasteiger partial charge in [0, 0.05) is 10.9 Å². The van der Waals surface area contributed by atoms with Gasteiger partial charge in [0.05, 0.1) is 11.3 Å². The number of hydrogen-bond donors (Lipinski definition) is 1. The lowest BCUT2D eigenvalue weighted by molar-refractivity contribution is -0.120. The molecule has 0 unspecified atom stereocenters. The summed E-state index contributed by atoms with van der Waals surface area (Å²) >= 11 is 1.45. The largest absolute Gasteiger partial charge is 0.351 e. The summed E-state index contributed by atoms with van der Waals surface area (Å²) in [7, 11) is 0. The zero-order valence-electron chi connectivity index (χ0n) is 12.0. The van der Waals surface area contributed by atoms with E-state index in [0.717, 1.165) is 22.3 Å². The molecule has 4 nitrogen and oxygen atoms in total. The molecule has 2 aromatic rings. The summed E-state index contributed by atoms with van der Waals surface area (Å²) in [4.78, 5) is 20.4. The van der Waals surface area contributed by atoms with Gasteiger partial charge < -0.3 is 5.32 Å². The first-order chi connectivity index (χ1) is 9.52. The van der Waals surface area contributed by atoms with Crippen molar-refractivity contribution in [2.45, 2.75) is 37.8 Å². The lowest BCUT2D eigenvalue weighted by Gasteiger charge is -2.24. The van der Waals surface area contributed by atoms with E-state index in [-0.39, 0.29) is 11.4 Å². The Labute approximate surface area is 123 Å². The normalized spacial score (nSPS) is 11.6. The third-order valence-corrected chi connectivity index (χ3v) is 4.21. The summed E-state index contributed by atoms with van der Waals surface area (Å²) in [6.07, 6.45) is 2.44. The highest BCUT2D eigenvalue weighted by Crippen LogP contribution is 2.24. The van der Waals surface area contributed by atoms with Crippen LogP contribution in [-0.4, -0.2) is 27.2 Å². The van der Waals surface area contributed by atoms with Crippen LogP contribution in [0.1, 0.15) is 27.2 Å². The number of benzene rings is 1. The van der Waals surface area contributed by atoms with Crippen LogP contribution in [0, 0.1) is 0 Å². The van der Waals surface area contributed by atoms with Crippen molar-refractivity contribution in [1.29, 1.82) is 0 Å². The molecule has 1 N–H and O–H groups in total. The van der Waals surface area contributed by atoms with Crippen LogP contribution in [0.15, 0.2) is 35.6 Å². The molecule has 106 valence electrons. The Kier molecular flexibility index (Phi) is 4.60. The zero-order valence-corrected chi connectivity index (χ0v) is 12.8. The Morgan fingerprint density at radius 2 is 2.05 bits per heavy atom. The lowest BCUT2D eigenvalue weighted by atomic mass is 10.0. The van der Waals surface area contributed by atoms with Crippen molar-refractivity contribution in [3.63, 3.8) is 0 Å². The second-order valence-electron chi connectivity index (χ2n) is 5.27. The first-order valence-corrected chi connectivity index (χ1v) is 7.64. The number of nitrogens with one attached hydrogen (secondary N) is 1. The molecule has 0 aliphatic rings. The number of aromatic nitrogens is 2. The van der Waals surface area contributed by atoms with E-state index < -0.39 is 0 Å². The third-order valence-electron chi connectivity index (χ3n) is 3.21. The summed E-state index contributed by atoms with van der Waals surface area (Å²) < 4.78 is 0. The van der Waals surface area contributed by atoms with Crippen LogP contribution in [0.4, 0.5) is 0 Å². The summed E-state index contributed by atoms with van der Waals surface area (Å²) in [5, 5.41) is 4.86. The molecule has 0 aliphatic carbocycles. The molecule has 1 amide bonds. The summed E-state index contributed by atoms with van der Waals surface area (Å²) in [5.74, 6) is 0.397. The third kappa shape index (κ3) is 3.70. The maximum atomic E-state index is 12.0. The first-order valence-electron chi connectivity index (χ1n) is 6.65. The number of amides is 1. The van der Waals surface area contributed by atoms with Crippen LogP contribution in [0.25, 0.3) is 10.9 Å². The quantitative estimate of drug-likeness (QED) is 0.679. The van der Waals surface area contributed by atoms with Gasteiger partial charge in [-0.2, -0.15) is 0 Å². The Morgan fingerprint density at radius 1 is 1.30 bits per heavy atom. The number of thioether (sulfide) groups is 1. The predicted molar refractivity (Wildman–Crippen MR) is 82.8 cm³/mol. The molecule has 0 fully saturated rings. The highest BCUT2D eigenvalue weighted by Gasteiger charge is 2.18. The monoisotopic (exact) mass is 289 g/mol. The van der Waals surface area contributed by atoms with Gasteiger partial charge in [0.1, 0.15) is 11.4 Å². The van der Waals surface area contributed by atoms with Gasteiger partial charge in [-0.3, -0.25) is 4.79 Å². The average Bonchev–Trinajstić information content (AvgIpc) is 2.44. The SMILES string of the molecule is CCC(C)(C)NC(=O)CSc1ncnc2ccccc12. The summed E-state index contributed by atoms with van der Waals surface area (Å²) in [6, 6.07) is 7.82. The molecular weight excluding hydrogens is 270 g/mol. The van der Waals surface area contributed by atoms with E-state index >= 15 is 0 Å². The fraction of sp³-hybridized carbons (Fsp3) is 0.400. The number of para-hydroxylation sites is 1. The van der Waals surface area contributed by atoms with Crippen molar-refractivity contribution in [3.05, 3.63) is 30.6 Å². The second kappa shape index (κ2) is 6.22. The molecule has 0 spiro atoms. The van der Waals surface area contributed by atoms with Crippen LogP contribution < -0.4 is 5.32 Å². The molecule has 1 aromatic heterocycles. The molecule has 2 rings (SSSR count). The van der Waals surface area contributed by atoms with Gasteiger partial charge in [0.25, 0.3) is 0 Å². The van der Waals surface area contributed by atoms with Crippen LogP contribution in [0.3, 0.4) is 0 Å². The molecule has 0 atom stereocenters. The van der Waals surface area contributed by atoms with E-state index in [0.29, 0.717) is 5.75 Å². The fourth-order valence-electron chi connectivity index (χ4n) is 1.73. The van der Waals surface area contributed by atoms with Gasteiger partial charge in [-0.25, -0.2) is 9.97 Å². The molecule has 0 bridgehead atoms. The van der Waals surface area contributed by atoms with E-state index in [1.54, 1.807) is 6.33 Å². The van der Waals surface area contributed by atoms with Crippen molar-refractivity contribution < 1.29 is 4.79 Å². The molecular formula is C15H19N3OS. The molecule has 0 saturated carbocycles. The molecule has 0 aliphatic heterocycles. The molecule has 0 radical (unpaired) electrons. The molecule has 1 heterocycles. The van der Waals surface area contributed by atoms with E-state index in [1.165, 1.54) is 11.8 Å². The van der Waals surface area contributed by atoms with Crippen molar-refractivity contribution in [2.75, 3.05) is 5.75 Å². The Bertz CT molecular complexity index is 608. The number of fused-ring (bicyclic) bond motifs is 1. The van der Waals surface area contributed by atoms with E-state index in [4.69, 9.17) is 0 Å². The fourth-order valence-corrected chi connectivity index (χ4v) is 2.52. The van der Waals surface area contributed by atoms with Gasteiger partial charge >= 0.3 is 0 Å². The maximum Gasteiger partial charge on any atom is 0.230 e. The topological polar surface area (TPSA) is 54.9 Å². The molecule has 20 heavy (non-hydrogen) atoms. The first kappa shape index (κ1) is 14.8. The zero-order chi connectivity index (χ0) is 14.6. The van der Waals surface area contributed by atoms with Crippen molar-refractivity contribution >= 4 is 28.6 Å². The van der Waals surface area contributed by atoms with Crippen molar-refractivity contribution in [3.8, 4) is 0 Å². The summed E-state index contributed by atoms with van der Waals surface area (Å²) in [6.45, 7) is 6.11. The number of carbonyl (C=O) groups excluding carboxylic acids is 1. The average molecular weight is 289 g/mol. The van der Waals surface area contributed by atoms with Crippen LogP contribution in [-0.2, 0) is 4.79 Å². The predicted octanol–water partition coefficient (Wildman–Crippen LogP) is 3.03. The summed E-state index contributed by atoms with van der Waals surface area (Å²) in [5.41, 5.74) is 0.741. The van der Waals surface area contributed by atoms with Gasteiger partial charge in [-0.1, -0.05) is 36.9 Å². The minimum atomic E-state index is -0.161. The van der Waals surface area contributed by atoms with E-state index in [2.05, 4.69) is 22.2 Å². The number of nitrogens with zero attached hydrogens (tertiary/aromatic N) is 2. The van der Waals surface area contributed by atoms with Crippen molar-refractivity contribution in [1.82, 2.24) is 15.3 Å². The van der Waals surface area contributed by atoms with Gasteiger partial charge in [0.15, 0.2) is 0 Å². The number of hydrogen-bond acceptors (Lipinski definition) is 4. The van der Waals surface area contributed by atoms with E-state index in [1.807, 2.05) is 38.1 Å². The van der Waals surface area contributed by atoms with E-state index in [9.17, 15) is 4.79 Å². The second-order valence-corrected chi connectivity index (χ2v) is 6.23. The number of carbonyl (C=O) groups is 1. The Morgan fingerprint density at radius 3 is 2.80 bits per heavy atom. The van der Waals surface area contributed by atoms with Gasteiger partial charge in [0.2, 0.25) is 5.91 Å². The highest BCUT2D eigenvalue weighted by molar-refractivity contribution is 8.00. The lowest BCUT2D eigenvalue weighted by Crippen LogP contribution is -2.43. The Hall–Kier alpha value is -1.62. The molecule has 1 aromatic carbocycles. The Balaban J connectivity index is 2.05. The number of rotatable bonds is 5. The minimum absolute atomic E-state index is 0.0320. The smallest absolute Gasteiger partial charge is 0.230 e. The van der Waals surface area contributed by atoms with Crippen LogP contribution >= 0.6 is 11.8 Å². The van der Waals surface area contributed by atoms with Crippen LogP contribution in [0.5, 0.6) is 0 Å². The highest BCUT2D eigenvalue weighted by atomic mass is 32.2. The maximum absolute atomic E-state index is 12.0. The minimum Gasteiger partial charge on any atom is -0.351 e.